The monoisotopic (exact) mass is 783 g/mol. The Bertz CT molecular complexity index is 3110. The second-order valence-corrected chi connectivity index (χ2v) is 15.7. The van der Waals surface area contributed by atoms with Crippen molar-refractivity contribution in [3.05, 3.63) is 242 Å². The van der Waals surface area contributed by atoms with E-state index >= 15 is 0 Å². The van der Waals surface area contributed by atoms with Crippen LogP contribution in [0, 0.1) is 13.8 Å². The van der Waals surface area contributed by atoms with E-state index in [1.165, 1.54) is 49.7 Å². The van der Waals surface area contributed by atoms with Crippen molar-refractivity contribution in [2.75, 3.05) is 9.80 Å². The summed E-state index contributed by atoms with van der Waals surface area (Å²) >= 11 is 0. The molecule has 0 saturated carbocycles. The van der Waals surface area contributed by atoms with Crippen molar-refractivity contribution >= 4 is 62.0 Å². The van der Waals surface area contributed by atoms with E-state index in [1.807, 2.05) is 6.08 Å². The summed E-state index contributed by atoms with van der Waals surface area (Å²) < 4.78 is 2.36. The van der Waals surface area contributed by atoms with E-state index in [2.05, 4.69) is 253 Å². The van der Waals surface area contributed by atoms with Gasteiger partial charge in [-0.3, -0.25) is 0 Å². The molecule has 61 heavy (non-hydrogen) atoms. The summed E-state index contributed by atoms with van der Waals surface area (Å²) in [5.74, 6) is 0. The van der Waals surface area contributed by atoms with Gasteiger partial charge in [-0.05, 0) is 145 Å². The molecule has 10 rings (SSSR count). The van der Waals surface area contributed by atoms with E-state index in [1.54, 1.807) is 0 Å². The maximum Gasteiger partial charge on any atom is 0.0541 e. The van der Waals surface area contributed by atoms with Crippen molar-refractivity contribution < 1.29 is 0 Å². The summed E-state index contributed by atoms with van der Waals surface area (Å²) in [6, 6.07) is 78.9. The van der Waals surface area contributed by atoms with Crippen molar-refractivity contribution in [1.82, 2.24) is 4.57 Å². The van der Waals surface area contributed by atoms with Gasteiger partial charge >= 0.3 is 0 Å². The molecular weight excluding hydrogens is 739 g/mol. The zero-order valence-electron chi connectivity index (χ0n) is 34.4. The molecule has 0 saturated heterocycles. The van der Waals surface area contributed by atoms with E-state index in [0.29, 0.717) is 0 Å². The lowest BCUT2D eigenvalue weighted by Crippen LogP contribution is -2.10. The minimum Gasteiger partial charge on any atom is -0.311 e. The largest absolute Gasteiger partial charge is 0.311 e. The Balaban J connectivity index is 0.955. The molecule has 0 amide bonds. The van der Waals surface area contributed by atoms with E-state index in [4.69, 9.17) is 0 Å². The lowest BCUT2D eigenvalue weighted by Gasteiger charge is -2.26. The number of benzene rings is 9. The fourth-order valence-electron chi connectivity index (χ4n) is 8.46. The molecule has 0 spiro atoms. The number of nitrogens with zero attached hydrogens (tertiary/aromatic N) is 3. The zero-order chi connectivity index (χ0) is 41.3. The molecule has 0 bridgehead atoms. The molecule has 0 aliphatic carbocycles. The average Bonchev–Trinajstić information content (AvgIpc) is 3.65. The summed E-state index contributed by atoms with van der Waals surface area (Å²) in [5, 5.41) is 2.50. The van der Waals surface area contributed by atoms with Crippen LogP contribution in [0.1, 0.15) is 16.7 Å². The molecule has 10 aromatic rings. The maximum atomic E-state index is 3.94. The Morgan fingerprint density at radius 1 is 0.361 bits per heavy atom. The van der Waals surface area contributed by atoms with Crippen LogP contribution in [0.25, 0.3) is 55.8 Å². The SMILES string of the molecule is C=Cc1ccc(N(c2ccc(C)cc2)c2ccc(-c3ccc(N(c4ccc(C)cc4)c4ccc(-c5ccc6c(c5)c5ccccc5n6-c5ccccc5)cc4)cc3)cc2)cc1. The van der Waals surface area contributed by atoms with Crippen molar-refractivity contribution in [2.45, 2.75) is 13.8 Å². The zero-order valence-corrected chi connectivity index (χ0v) is 34.4. The predicted octanol–water partition coefficient (Wildman–Crippen LogP) is 16.3. The molecule has 0 radical (unpaired) electrons. The van der Waals surface area contributed by atoms with Crippen LogP contribution in [0.2, 0.25) is 0 Å². The highest BCUT2D eigenvalue weighted by atomic mass is 15.1. The molecule has 0 fully saturated rings. The Kier molecular flexibility index (Phi) is 9.84. The summed E-state index contributed by atoms with van der Waals surface area (Å²) in [6.45, 7) is 8.19. The maximum absolute atomic E-state index is 3.94. The molecule has 0 atom stereocenters. The average molecular weight is 784 g/mol. The molecular formula is C58H45N3. The molecule has 0 N–H and O–H groups in total. The number of aryl methyl sites for hydroxylation is 2. The normalized spacial score (nSPS) is 11.2. The fraction of sp³-hybridized carbons (Fsp3) is 0.0345. The molecule has 0 aliphatic heterocycles. The lowest BCUT2D eigenvalue weighted by atomic mass is 10.0. The van der Waals surface area contributed by atoms with Crippen LogP contribution in [0.15, 0.2) is 225 Å². The van der Waals surface area contributed by atoms with Gasteiger partial charge in [0.25, 0.3) is 0 Å². The van der Waals surface area contributed by atoms with Gasteiger partial charge in [-0.15, -0.1) is 0 Å². The number of anilines is 6. The van der Waals surface area contributed by atoms with Gasteiger partial charge in [-0.1, -0.05) is 139 Å². The Morgan fingerprint density at radius 3 is 1.21 bits per heavy atom. The Labute approximate surface area is 358 Å². The quantitative estimate of drug-likeness (QED) is 0.137. The van der Waals surface area contributed by atoms with Crippen LogP contribution in [0.3, 0.4) is 0 Å². The standard InChI is InChI=1S/C58H45N3/c1-4-43-18-31-51(32-19-43)59(49-27-14-41(2)15-28-49)52-33-20-44(21-34-52)45-22-35-53(36-23-45)60(50-29-16-42(3)17-30-50)54-37-24-46(25-38-54)47-26-39-58-56(40-47)55-12-8-9-13-57(55)61(58)48-10-6-5-7-11-48/h4-40H,1H2,2-3H3. The number of para-hydroxylation sites is 2. The first-order valence-electron chi connectivity index (χ1n) is 20.9. The highest BCUT2D eigenvalue weighted by Crippen LogP contribution is 2.40. The van der Waals surface area contributed by atoms with E-state index in [0.717, 1.165) is 50.8 Å². The smallest absolute Gasteiger partial charge is 0.0541 e. The number of hydrogen-bond donors (Lipinski definition) is 0. The number of aromatic nitrogens is 1. The summed E-state index contributed by atoms with van der Waals surface area (Å²) in [7, 11) is 0. The van der Waals surface area contributed by atoms with Crippen molar-refractivity contribution in [1.29, 1.82) is 0 Å². The lowest BCUT2D eigenvalue weighted by molar-refractivity contribution is 1.18. The molecule has 9 aromatic carbocycles. The van der Waals surface area contributed by atoms with Gasteiger partial charge in [0.05, 0.1) is 11.0 Å². The third-order valence-corrected chi connectivity index (χ3v) is 11.7. The highest BCUT2D eigenvalue weighted by Gasteiger charge is 2.17. The Morgan fingerprint density at radius 2 is 0.738 bits per heavy atom. The number of hydrogen-bond acceptors (Lipinski definition) is 2. The van der Waals surface area contributed by atoms with Crippen LogP contribution in [0.4, 0.5) is 34.1 Å². The highest BCUT2D eigenvalue weighted by molar-refractivity contribution is 6.10. The van der Waals surface area contributed by atoms with Gasteiger partial charge in [0.2, 0.25) is 0 Å². The van der Waals surface area contributed by atoms with Crippen LogP contribution in [-0.4, -0.2) is 4.57 Å². The minimum absolute atomic E-state index is 1.10. The molecule has 1 aromatic heterocycles. The van der Waals surface area contributed by atoms with Gasteiger partial charge in [-0.2, -0.15) is 0 Å². The minimum atomic E-state index is 1.10. The number of fused-ring (bicyclic) bond motifs is 3. The van der Waals surface area contributed by atoms with Gasteiger partial charge in [0.1, 0.15) is 0 Å². The predicted molar refractivity (Wildman–Crippen MR) is 261 cm³/mol. The van der Waals surface area contributed by atoms with E-state index < -0.39 is 0 Å². The van der Waals surface area contributed by atoms with E-state index in [9.17, 15) is 0 Å². The van der Waals surface area contributed by atoms with Crippen molar-refractivity contribution in [3.63, 3.8) is 0 Å². The van der Waals surface area contributed by atoms with Crippen LogP contribution in [0.5, 0.6) is 0 Å². The van der Waals surface area contributed by atoms with Crippen molar-refractivity contribution in [2.24, 2.45) is 0 Å². The first-order chi connectivity index (χ1) is 30.0. The van der Waals surface area contributed by atoms with Gasteiger partial charge in [0, 0.05) is 50.6 Å². The molecule has 3 heteroatoms. The van der Waals surface area contributed by atoms with Crippen LogP contribution < -0.4 is 9.80 Å². The summed E-state index contributed by atoms with van der Waals surface area (Å²) in [6.07, 6.45) is 1.88. The van der Waals surface area contributed by atoms with Crippen molar-refractivity contribution in [3.8, 4) is 27.9 Å². The summed E-state index contributed by atoms with van der Waals surface area (Å²) in [5.41, 5.74) is 18.5. The van der Waals surface area contributed by atoms with Gasteiger partial charge < -0.3 is 14.4 Å². The van der Waals surface area contributed by atoms with Crippen LogP contribution >= 0.6 is 0 Å². The fourth-order valence-corrected chi connectivity index (χ4v) is 8.46. The van der Waals surface area contributed by atoms with Crippen LogP contribution in [-0.2, 0) is 0 Å². The molecule has 1 heterocycles. The molecule has 3 nitrogen and oxygen atoms in total. The van der Waals surface area contributed by atoms with Gasteiger partial charge in [-0.25, -0.2) is 0 Å². The second kappa shape index (κ2) is 16.1. The molecule has 0 aliphatic rings. The third kappa shape index (κ3) is 7.28. The van der Waals surface area contributed by atoms with E-state index in [-0.39, 0.29) is 0 Å². The Hall–Kier alpha value is -7.88. The summed E-state index contributed by atoms with van der Waals surface area (Å²) in [4.78, 5) is 4.64. The molecule has 0 unspecified atom stereocenters. The van der Waals surface area contributed by atoms with Gasteiger partial charge in [0.15, 0.2) is 0 Å². The number of rotatable bonds is 10. The first kappa shape index (κ1) is 37.4. The molecule has 292 valence electrons. The topological polar surface area (TPSA) is 11.4 Å². The first-order valence-corrected chi connectivity index (χ1v) is 20.9. The third-order valence-electron chi connectivity index (χ3n) is 11.7. The second-order valence-electron chi connectivity index (χ2n) is 15.7.